The molecule has 3 aromatic rings. The van der Waals surface area contributed by atoms with Crippen LogP contribution in [0.4, 0.5) is 5.82 Å². The number of nitrogens with two attached hydrogens (primary N) is 1. The Morgan fingerprint density at radius 2 is 1.93 bits per heavy atom. The summed E-state index contributed by atoms with van der Waals surface area (Å²) in [7, 11) is 0. The highest BCUT2D eigenvalue weighted by Crippen LogP contribution is 2.29. The van der Waals surface area contributed by atoms with Crippen LogP contribution in [0, 0.1) is 35.5 Å². The fourth-order valence-corrected chi connectivity index (χ4v) is 2.88. The van der Waals surface area contributed by atoms with E-state index in [1.807, 2.05) is 30.3 Å². The fourth-order valence-electron chi connectivity index (χ4n) is 2.88. The number of nitrogens with zero attached hydrogens (tertiary/aromatic N) is 1. The molecular weight excluding hydrogens is 348 g/mol. The van der Waals surface area contributed by atoms with E-state index >= 15 is 0 Å². The molecule has 1 atom stereocenters. The Labute approximate surface area is 164 Å². The standard InChI is InChI=1S/C23H22N4O/c1-14-4-6-17(7-5-15(2)23(26)28-16(3)24)12-20(14)19-9-8-18-10-11-27-22(25)21(18)13-19/h4,6,8-13,15,24,26H,1-3H3,(H2,25,27)/t15-/m0/s1. The number of benzene rings is 2. The van der Waals surface area contributed by atoms with Gasteiger partial charge in [0.2, 0.25) is 5.90 Å². The van der Waals surface area contributed by atoms with Gasteiger partial charge >= 0.3 is 0 Å². The van der Waals surface area contributed by atoms with Crippen LogP contribution in [0.2, 0.25) is 0 Å². The molecule has 3 rings (SSSR count). The van der Waals surface area contributed by atoms with E-state index in [1.54, 1.807) is 13.1 Å². The lowest BCUT2D eigenvalue weighted by atomic mass is 9.96. The summed E-state index contributed by atoms with van der Waals surface area (Å²) in [4.78, 5) is 4.18. The number of pyridine rings is 1. The summed E-state index contributed by atoms with van der Waals surface area (Å²) in [6.07, 6.45) is 1.71. The molecule has 5 nitrogen and oxygen atoms in total. The Kier molecular flexibility index (Phi) is 5.42. The molecular formula is C23H22N4O. The summed E-state index contributed by atoms with van der Waals surface area (Å²) in [5.41, 5.74) is 10.2. The Morgan fingerprint density at radius 1 is 1.14 bits per heavy atom. The van der Waals surface area contributed by atoms with Gasteiger partial charge in [-0.1, -0.05) is 30.0 Å². The minimum Gasteiger partial charge on any atom is -0.429 e. The monoisotopic (exact) mass is 370 g/mol. The first-order valence-electron chi connectivity index (χ1n) is 8.93. The van der Waals surface area contributed by atoms with Crippen LogP contribution in [0.5, 0.6) is 0 Å². The molecule has 0 saturated heterocycles. The number of aromatic nitrogens is 1. The van der Waals surface area contributed by atoms with Crippen LogP contribution in [-0.2, 0) is 4.74 Å². The first kappa shape index (κ1) is 19.1. The Hall–Kier alpha value is -3.65. The maximum absolute atomic E-state index is 7.82. The SMILES string of the molecule is CC(=N)OC(=N)[C@@H](C)C#Cc1ccc(C)c(-c2ccc3ccnc(N)c3c2)c1. The molecule has 1 heterocycles. The van der Waals surface area contributed by atoms with Crippen molar-refractivity contribution in [2.45, 2.75) is 20.8 Å². The molecule has 0 saturated carbocycles. The van der Waals surface area contributed by atoms with Gasteiger partial charge in [-0.25, -0.2) is 4.98 Å². The van der Waals surface area contributed by atoms with Crippen molar-refractivity contribution in [2.75, 3.05) is 5.73 Å². The zero-order valence-electron chi connectivity index (χ0n) is 16.1. The predicted molar refractivity (Wildman–Crippen MR) is 115 cm³/mol. The molecule has 0 bridgehead atoms. The average molecular weight is 370 g/mol. The predicted octanol–water partition coefficient (Wildman–Crippen LogP) is 4.77. The van der Waals surface area contributed by atoms with E-state index in [4.69, 9.17) is 21.3 Å². The highest BCUT2D eigenvalue weighted by atomic mass is 16.5. The summed E-state index contributed by atoms with van der Waals surface area (Å²) in [6, 6.07) is 14.1. The number of anilines is 1. The van der Waals surface area contributed by atoms with Crippen molar-refractivity contribution in [1.29, 1.82) is 10.8 Å². The summed E-state index contributed by atoms with van der Waals surface area (Å²) in [6.45, 7) is 5.33. The van der Waals surface area contributed by atoms with Gasteiger partial charge in [-0.05, 0) is 60.2 Å². The zero-order chi connectivity index (χ0) is 20.3. The number of rotatable bonds is 2. The summed E-state index contributed by atoms with van der Waals surface area (Å²) < 4.78 is 5.01. The van der Waals surface area contributed by atoms with Gasteiger partial charge in [0.1, 0.15) is 5.82 Å². The number of hydrogen-bond acceptors (Lipinski definition) is 5. The quantitative estimate of drug-likeness (QED) is 0.344. The second kappa shape index (κ2) is 7.93. The molecule has 1 aromatic heterocycles. The normalized spacial score (nSPS) is 11.4. The van der Waals surface area contributed by atoms with Gasteiger partial charge in [0.15, 0.2) is 5.90 Å². The molecule has 140 valence electrons. The van der Waals surface area contributed by atoms with Gasteiger partial charge in [-0.15, -0.1) is 0 Å². The molecule has 28 heavy (non-hydrogen) atoms. The summed E-state index contributed by atoms with van der Waals surface area (Å²) in [5, 5.41) is 17.1. The average Bonchev–Trinajstić information content (AvgIpc) is 2.66. The third-order valence-electron chi connectivity index (χ3n) is 4.43. The molecule has 0 radical (unpaired) electrons. The van der Waals surface area contributed by atoms with Gasteiger partial charge < -0.3 is 10.5 Å². The molecule has 0 spiro atoms. The fraction of sp³-hybridized carbons (Fsp3) is 0.174. The molecule has 0 amide bonds. The highest BCUT2D eigenvalue weighted by Gasteiger charge is 2.09. The van der Waals surface area contributed by atoms with Crippen LogP contribution in [0.3, 0.4) is 0 Å². The van der Waals surface area contributed by atoms with Crippen molar-refractivity contribution in [2.24, 2.45) is 5.92 Å². The number of hydrogen-bond donors (Lipinski definition) is 3. The second-order valence-electron chi connectivity index (χ2n) is 6.68. The number of aryl methyl sites for hydroxylation is 1. The van der Waals surface area contributed by atoms with E-state index in [1.165, 1.54) is 6.92 Å². The van der Waals surface area contributed by atoms with Crippen molar-refractivity contribution in [3.05, 3.63) is 59.8 Å². The Balaban J connectivity index is 1.95. The molecule has 4 N–H and O–H groups in total. The van der Waals surface area contributed by atoms with Crippen molar-refractivity contribution in [3.63, 3.8) is 0 Å². The molecule has 0 aliphatic heterocycles. The lowest BCUT2D eigenvalue weighted by Crippen LogP contribution is -2.14. The number of nitrogen functional groups attached to an aromatic ring is 1. The van der Waals surface area contributed by atoms with E-state index in [9.17, 15) is 0 Å². The van der Waals surface area contributed by atoms with Gasteiger partial charge in [0.05, 0.1) is 5.92 Å². The smallest absolute Gasteiger partial charge is 0.203 e. The first-order chi connectivity index (χ1) is 13.3. The first-order valence-corrected chi connectivity index (χ1v) is 8.93. The molecule has 0 aliphatic rings. The summed E-state index contributed by atoms with van der Waals surface area (Å²) in [5.74, 6) is 6.21. The highest BCUT2D eigenvalue weighted by molar-refractivity contribution is 5.94. The maximum Gasteiger partial charge on any atom is 0.203 e. The van der Waals surface area contributed by atoms with Crippen molar-refractivity contribution < 1.29 is 4.74 Å². The van der Waals surface area contributed by atoms with Crippen LogP contribution >= 0.6 is 0 Å². The Bertz CT molecular complexity index is 1140. The minimum atomic E-state index is -0.392. The van der Waals surface area contributed by atoms with Gasteiger partial charge in [0.25, 0.3) is 0 Å². The molecule has 2 aromatic carbocycles. The number of ether oxygens (including phenoxy) is 1. The van der Waals surface area contributed by atoms with E-state index < -0.39 is 5.92 Å². The van der Waals surface area contributed by atoms with E-state index in [0.29, 0.717) is 5.82 Å². The molecule has 0 fully saturated rings. The van der Waals surface area contributed by atoms with E-state index in [-0.39, 0.29) is 11.8 Å². The maximum atomic E-state index is 7.82. The zero-order valence-corrected chi connectivity index (χ0v) is 16.1. The van der Waals surface area contributed by atoms with Crippen LogP contribution in [-0.4, -0.2) is 16.8 Å². The van der Waals surface area contributed by atoms with E-state index in [2.05, 4.69) is 35.9 Å². The second-order valence-corrected chi connectivity index (χ2v) is 6.68. The number of fused-ring (bicyclic) bond motifs is 1. The molecule has 0 unspecified atom stereocenters. The van der Waals surface area contributed by atoms with Gasteiger partial charge in [-0.3, -0.25) is 10.8 Å². The molecule has 0 aliphatic carbocycles. The third-order valence-corrected chi connectivity index (χ3v) is 4.43. The van der Waals surface area contributed by atoms with Gasteiger partial charge in [0, 0.05) is 24.1 Å². The summed E-state index contributed by atoms with van der Waals surface area (Å²) >= 11 is 0. The van der Waals surface area contributed by atoms with Crippen molar-refractivity contribution >= 4 is 28.4 Å². The van der Waals surface area contributed by atoms with Crippen molar-refractivity contribution in [1.82, 2.24) is 4.98 Å². The largest absolute Gasteiger partial charge is 0.429 e. The Morgan fingerprint density at radius 3 is 2.68 bits per heavy atom. The third kappa shape index (κ3) is 4.18. The van der Waals surface area contributed by atoms with Crippen molar-refractivity contribution in [3.8, 4) is 23.0 Å². The molecule has 5 heteroatoms. The van der Waals surface area contributed by atoms with Crippen LogP contribution in [0.1, 0.15) is 25.0 Å². The van der Waals surface area contributed by atoms with Crippen LogP contribution in [0.25, 0.3) is 21.9 Å². The van der Waals surface area contributed by atoms with E-state index in [0.717, 1.165) is 33.0 Å². The van der Waals surface area contributed by atoms with Crippen LogP contribution in [0.15, 0.2) is 48.7 Å². The van der Waals surface area contributed by atoms with Crippen LogP contribution < -0.4 is 5.73 Å². The lowest BCUT2D eigenvalue weighted by molar-refractivity contribution is 0.499. The lowest BCUT2D eigenvalue weighted by Gasteiger charge is -2.09. The number of nitrogens with one attached hydrogen (secondary N) is 2. The van der Waals surface area contributed by atoms with Gasteiger partial charge in [-0.2, -0.15) is 0 Å². The topological polar surface area (TPSA) is 95.8 Å². The minimum absolute atomic E-state index is 0.0126.